The average molecular weight is 291 g/mol. The topological polar surface area (TPSA) is 33.2 Å². The standard InChI is InChI=1S/C16H19ClN2O/c1-3-9-19(10-8-17)16(20)14-11-12(2)18-15-7-5-4-6-13(14)15/h4-7,11H,3,8-10H2,1-2H3. The zero-order chi connectivity index (χ0) is 14.5. The predicted octanol–water partition coefficient (Wildman–Crippen LogP) is 3.63. The van der Waals surface area contributed by atoms with Crippen LogP contribution in [0.5, 0.6) is 0 Å². The van der Waals surface area contributed by atoms with E-state index in [0.29, 0.717) is 18.0 Å². The van der Waals surface area contributed by atoms with Gasteiger partial charge in [-0.3, -0.25) is 9.78 Å². The van der Waals surface area contributed by atoms with Crippen molar-refractivity contribution >= 4 is 28.4 Å². The second-order valence-corrected chi connectivity index (χ2v) is 5.19. The number of hydrogen-bond acceptors (Lipinski definition) is 2. The number of fused-ring (bicyclic) bond motifs is 1. The van der Waals surface area contributed by atoms with E-state index in [1.807, 2.05) is 42.2 Å². The van der Waals surface area contributed by atoms with Crippen molar-refractivity contribution in [2.24, 2.45) is 0 Å². The normalized spacial score (nSPS) is 10.8. The van der Waals surface area contributed by atoms with Gasteiger partial charge in [0.1, 0.15) is 0 Å². The first kappa shape index (κ1) is 14.8. The Labute approximate surface area is 124 Å². The maximum atomic E-state index is 12.7. The third-order valence-electron chi connectivity index (χ3n) is 3.21. The van der Waals surface area contributed by atoms with E-state index in [-0.39, 0.29) is 5.91 Å². The number of aryl methyl sites for hydroxylation is 1. The maximum absolute atomic E-state index is 12.7. The molecule has 0 atom stereocenters. The number of nitrogens with zero attached hydrogens (tertiary/aromatic N) is 2. The Bertz CT molecular complexity index is 606. The molecule has 106 valence electrons. The summed E-state index contributed by atoms with van der Waals surface area (Å²) in [7, 11) is 0. The van der Waals surface area contributed by atoms with E-state index in [2.05, 4.69) is 11.9 Å². The van der Waals surface area contributed by atoms with Crippen LogP contribution in [0.2, 0.25) is 0 Å². The second-order valence-electron chi connectivity index (χ2n) is 4.81. The first-order valence-corrected chi connectivity index (χ1v) is 7.42. The lowest BCUT2D eigenvalue weighted by atomic mass is 10.1. The van der Waals surface area contributed by atoms with Gasteiger partial charge in [0.2, 0.25) is 0 Å². The lowest BCUT2D eigenvalue weighted by Gasteiger charge is -2.22. The van der Waals surface area contributed by atoms with Crippen molar-refractivity contribution in [2.75, 3.05) is 19.0 Å². The van der Waals surface area contributed by atoms with Crippen molar-refractivity contribution in [1.29, 1.82) is 0 Å². The van der Waals surface area contributed by atoms with Gasteiger partial charge in [0.15, 0.2) is 0 Å². The van der Waals surface area contributed by atoms with Crippen LogP contribution in [0.25, 0.3) is 10.9 Å². The molecular formula is C16H19ClN2O. The van der Waals surface area contributed by atoms with Crippen LogP contribution in [0.3, 0.4) is 0 Å². The van der Waals surface area contributed by atoms with E-state index < -0.39 is 0 Å². The van der Waals surface area contributed by atoms with Gasteiger partial charge in [-0.05, 0) is 25.5 Å². The minimum Gasteiger partial charge on any atom is -0.337 e. The summed E-state index contributed by atoms with van der Waals surface area (Å²) >= 11 is 5.81. The number of carbonyl (C=O) groups excluding carboxylic acids is 1. The Balaban J connectivity index is 2.47. The number of rotatable bonds is 5. The molecular weight excluding hydrogens is 272 g/mol. The molecule has 0 unspecified atom stereocenters. The van der Waals surface area contributed by atoms with E-state index in [0.717, 1.165) is 29.6 Å². The number of para-hydroxylation sites is 1. The lowest BCUT2D eigenvalue weighted by molar-refractivity contribution is 0.0767. The van der Waals surface area contributed by atoms with Crippen LogP contribution >= 0.6 is 11.6 Å². The fourth-order valence-corrected chi connectivity index (χ4v) is 2.55. The van der Waals surface area contributed by atoms with Gasteiger partial charge in [-0.2, -0.15) is 0 Å². The molecule has 0 saturated carbocycles. The summed E-state index contributed by atoms with van der Waals surface area (Å²) in [4.78, 5) is 19.0. The molecule has 0 radical (unpaired) electrons. The number of amides is 1. The molecule has 0 spiro atoms. The Kier molecular flexibility index (Phi) is 4.96. The third-order valence-corrected chi connectivity index (χ3v) is 3.38. The number of hydrogen-bond donors (Lipinski definition) is 0. The minimum absolute atomic E-state index is 0.0363. The van der Waals surface area contributed by atoms with Crippen LogP contribution in [0.4, 0.5) is 0 Å². The summed E-state index contributed by atoms with van der Waals surface area (Å²) in [5.74, 6) is 0.488. The summed E-state index contributed by atoms with van der Waals surface area (Å²) in [5, 5.41) is 0.902. The van der Waals surface area contributed by atoms with Gasteiger partial charge in [0.25, 0.3) is 5.91 Å². The van der Waals surface area contributed by atoms with E-state index in [9.17, 15) is 4.79 Å². The summed E-state index contributed by atoms with van der Waals surface area (Å²) in [6, 6.07) is 9.61. The molecule has 2 rings (SSSR count). The highest BCUT2D eigenvalue weighted by Gasteiger charge is 2.17. The summed E-state index contributed by atoms with van der Waals surface area (Å²) < 4.78 is 0. The number of aromatic nitrogens is 1. The van der Waals surface area contributed by atoms with Crippen LogP contribution in [0, 0.1) is 6.92 Å². The third kappa shape index (κ3) is 3.10. The van der Waals surface area contributed by atoms with E-state index in [1.54, 1.807) is 0 Å². The van der Waals surface area contributed by atoms with Crippen molar-refractivity contribution in [2.45, 2.75) is 20.3 Å². The first-order valence-electron chi connectivity index (χ1n) is 6.89. The second kappa shape index (κ2) is 6.71. The van der Waals surface area contributed by atoms with Crippen molar-refractivity contribution < 1.29 is 4.79 Å². The molecule has 1 aromatic heterocycles. The quantitative estimate of drug-likeness (QED) is 0.788. The molecule has 1 aromatic carbocycles. The Morgan fingerprint density at radius 2 is 2.05 bits per heavy atom. The van der Waals surface area contributed by atoms with Gasteiger partial charge in [0.05, 0.1) is 11.1 Å². The lowest BCUT2D eigenvalue weighted by Crippen LogP contribution is -2.33. The van der Waals surface area contributed by atoms with Crippen LogP contribution in [-0.2, 0) is 0 Å². The highest BCUT2D eigenvalue weighted by Crippen LogP contribution is 2.20. The average Bonchev–Trinajstić information content (AvgIpc) is 2.45. The Morgan fingerprint density at radius 1 is 1.30 bits per heavy atom. The van der Waals surface area contributed by atoms with E-state index in [4.69, 9.17) is 11.6 Å². The molecule has 0 aliphatic heterocycles. The highest BCUT2D eigenvalue weighted by molar-refractivity contribution is 6.18. The molecule has 20 heavy (non-hydrogen) atoms. The highest BCUT2D eigenvalue weighted by atomic mass is 35.5. The fraction of sp³-hybridized carbons (Fsp3) is 0.375. The summed E-state index contributed by atoms with van der Waals surface area (Å²) in [5.41, 5.74) is 2.43. The molecule has 0 N–H and O–H groups in total. The number of alkyl halides is 1. The molecule has 0 aliphatic carbocycles. The van der Waals surface area contributed by atoms with Crippen molar-refractivity contribution in [3.05, 3.63) is 41.6 Å². The van der Waals surface area contributed by atoms with Gasteiger partial charge in [0, 0.05) is 30.0 Å². The molecule has 0 aliphatic rings. The molecule has 0 bridgehead atoms. The number of benzene rings is 1. The minimum atomic E-state index is 0.0363. The van der Waals surface area contributed by atoms with Crippen molar-refractivity contribution in [3.8, 4) is 0 Å². The SMILES string of the molecule is CCCN(CCCl)C(=O)c1cc(C)nc2ccccc12. The zero-order valence-corrected chi connectivity index (χ0v) is 12.7. The van der Waals surface area contributed by atoms with Gasteiger partial charge in [-0.1, -0.05) is 25.1 Å². The van der Waals surface area contributed by atoms with Gasteiger partial charge in [-0.25, -0.2) is 0 Å². The zero-order valence-electron chi connectivity index (χ0n) is 11.9. The van der Waals surface area contributed by atoms with Gasteiger partial charge < -0.3 is 4.90 Å². The van der Waals surface area contributed by atoms with Crippen LogP contribution in [-0.4, -0.2) is 34.8 Å². The van der Waals surface area contributed by atoms with Crippen molar-refractivity contribution in [1.82, 2.24) is 9.88 Å². The Morgan fingerprint density at radius 3 is 2.75 bits per heavy atom. The molecule has 2 aromatic rings. The van der Waals surface area contributed by atoms with E-state index in [1.165, 1.54) is 0 Å². The number of carbonyl (C=O) groups is 1. The molecule has 4 heteroatoms. The Hall–Kier alpha value is -1.61. The smallest absolute Gasteiger partial charge is 0.254 e. The maximum Gasteiger partial charge on any atom is 0.254 e. The fourth-order valence-electron chi connectivity index (χ4n) is 2.34. The van der Waals surface area contributed by atoms with Crippen LogP contribution < -0.4 is 0 Å². The van der Waals surface area contributed by atoms with Crippen molar-refractivity contribution in [3.63, 3.8) is 0 Å². The van der Waals surface area contributed by atoms with Gasteiger partial charge in [-0.15, -0.1) is 11.6 Å². The van der Waals surface area contributed by atoms with Crippen LogP contribution in [0.15, 0.2) is 30.3 Å². The molecule has 3 nitrogen and oxygen atoms in total. The molecule has 0 fully saturated rings. The largest absolute Gasteiger partial charge is 0.337 e. The first-order chi connectivity index (χ1) is 9.67. The summed E-state index contributed by atoms with van der Waals surface area (Å²) in [6.45, 7) is 5.27. The molecule has 1 amide bonds. The number of pyridine rings is 1. The van der Waals surface area contributed by atoms with E-state index >= 15 is 0 Å². The monoisotopic (exact) mass is 290 g/mol. The molecule has 1 heterocycles. The number of halogens is 1. The summed E-state index contributed by atoms with van der Waals surface area (Å²) in [6.07, 6.45) is 0.921. The van der Waals surface area contributed by atoms with Gasteiger partial charge >= 0.3 is 0 Å². The predicted molar refractivity (Wildman–Crippen MR) is 83.4 cm³/mol. The van der Waals surface area contributed by atoms with Crippen LogP contribution in [0.1, 0.15) is 29.4 Å². The molecule has 0 saturated heterocycles.